The van der Waals surface area contributed by atoms with Gasteiger partial charge in [0.05, 0.1) is 19.8 Å². The molecule has 0 aromatic carbocycles. The van der Waals surface area contributed by atoms with E-state index in [2.05, 4.69) is 11.7 Å². The molecule has 0 bridgehead atoms. The molecule has 104 valence electrons. The van der Waals surface area contributed by atoms with E-state index in [1.807, 2.05) is 0 Å². The van der Waals surface area contributed by atoms with E-state index in [4.69, 9.17) is 14.6 Å². The first kappa shape index (κ1) is 16.6. The molecule has 0 heterocycles. The molecule has 1 N–H and O–H groups in total. The molecule has 0 aliphatic carbocycles. The molecule has 0 saturated heterocycles. The Kier molecular flexibility index (Phi) is 11.1. The van der Waals surface area contributed by atoms with E-state index in [1.165, 1.54) is 0 Å². The summed E-state index contributed by atoms with van der Waals surface area (Å²) < 4.78 is 15.1. The van der Waals surface area contributed by atoms with Crippen molar-refractivity contribution < 1.29 is 28.9 Å². The third kappa shape index (κ3) is 12.7. The highest BCUT2D eigenvalue weighted by Crippen LogP contribution is 1.88. The summed E-state index contributed by atoms with van der Waals surface area (Å²) in [6, 6.07) is 0. The van der Waals surface area contributed by atoms with Crippen molar-refractivity contribution in [3.8, 4) is 0 Å². The Morgan fingerprint density at radius 3 is 2.22 bits per heavy atom. The lowest BCUT2D eigenvalue weighted by atomic mass is 10.4. The van der Waals surface area contributed by atoms with Crippen LogP contribution in [0, 0.1) is 0 Å². The first-order valence-corrected chi connectivity index (χ1v) is 5.90. The van der Waals surface area contributed by atoms with Gasteiger partial charge in [-0.15, -0.1) is 0 Å². The Bertz CT molecular complexity index is 261. The van der Waals surface area contributed by atoms with Crippen molar-refractivity contribution in [2.75, 3.05) is 33.0 Å². The van der Waals surface area contributed by atoms with Gasteiger partial charge in [0.15, 0.2) is 0 Å². The number of carbonyl (C=O) groups excluding carboxylic acids is 1. The van der Waals surface area contributed by atoms with Crippen LogP contribution in [0.2, 0.25) is 0 Å². The zero-order chi connectivity index (χ0) is 13.6. The van der Waals surface area contributed by atoms with E-state index in [0.717, 1.165) is 31.6 Å². The van der Waals surface area contributed by atoms with Gasteiger partial charge < -0.3 is 19.3 Å². The molecule has 6 heteroatoms. The molecule has 0 amide bonds. The second kappa shape index (κ2) is 12.1. The van der Waals surface area contributed by atoms with Gasteiger partial charge >= 0.3 is 11.9 Å². The number of unbranched alkanes of at least 4 members (excludes halogenated alkanes) is 1. The van der Waals surface area contributed by atoms with E-state index in [1.54, 1.807) is 0 Å². The second-order valence-electron chi connectivity index (χ2n) is 3.42. The van der Waals surface area contributed by atoms with Gasteiger partial charge in [-0.1, -0.05) is 13.3 Å². The summed E-state index contributed by atoms with van der Waals surface area (Å²) in [5, 5.41) is 8.26. The van der Waals surface area contributed by atoms with Crippen LogP contribution in [-0.2, 0) is 23.8 Å². The molecule has 0 radical (unpaired) electrons. The maximum Gasteiger partial charge on any atom is 0.331 e. The number of aliphatic carboxylic acids is 1. The number of esters is 1. The summed E-state index contributed by atoms with van der Waals surface area (Å²) in [5.41, 5.74) is 0. The number of hydrogen-bond acceptors (Lipinski definition) is 5. The Hall–Kier alpha value is -1.40. The maximum atomic E-state index is 10.9. The third-order valence-corrected chi connectivity index (χ3v) is 1.85. The van der Waals surface area contributed by atoms with Crippen LogP contribution >= 0.6 is 0 Å². The van der Waals surface area contributed by atoms with Crippen molar-refractivity contribution in [1.82, 2.24) is 0 Å². The lowest BCUT2D eigenvalue weighted by molar-refractivity contribution is -0.140. The molecule has 0 fully saturated rings. The van der Waals surface area contributed by atoms with Gasteiger partial charge in [0.25, 0.3) is 0 Å². The molecule has 6 nitrogen and oxygen atoms in total. The van der Waals surface area contributed by atoms with Crippen LogP contribution in [0.4, 0.5) is 0 Å². The SMILES string of the molecule is CCCCOCCOCCOC(=O)/C=C/C(=O)O. The van der Waals surface area contributed by atoms with Crippen LogP contribution in [0.5, 0.6) is 0 Å². The summed E-state index contributed by atoms with van der Waals surface area (Å²) >= 11 is 0. The molecule has 0 saturated carbocycles. The van der Waals surface area contributed by atoms with E-state index >= 15 is 0 Å². The van der Waals surface area contributed by atoms with Crippen molar-refractivity contribution >= 4 is 11.9 Å². The summed E-state index contributed by atoms with van der Waals surface area (Å²) in [5.74, 6) is -1.88. The number of hydrogen-bond donors (Lipinski definition) is 1. The van der Waals surface area contributed by atoms with E-state index < -0.39 is 11.9 Å². The second-order valence-corrected chi connectivity index (χ2v) is 3.42. The van der Waals surface area contributed by atoms with Gasteiger partial charge in [0.2, 0.25) is 0 Å². The molecule has 0 spiro atoms. The van der Waals surface area contributed by atoms with Crippen molar-refractivity contribution in [3.05, 3.63) is 12.2 Å². The van der Waals surface area contributed by atoms with Crippen molar-refractivity contribution in [2.45, 2.75) is 19.8 Å². The number of carboxylic acid groups (broad SMARTS) is 1. The zero-order valence-corrected chi connectivity index (χ0v) is 10.6. The van der Waals surface area contributed by atoms with Crippen LogP contribution in [0.1, 0.15) is 19.8 Å². The standard InChI is InChI=1S/C12H20O6/c1-2-3-6-16-7-8-17-9-10-18-12(15)5-4-11(13)14/h4-5H,2-3,6-10H2,1H3,(H,13,14)/b5-4+. The zero-order valence-electron chi connectivity index (χ0n) is 10.6. The van der Waals surface area contributed by atoms with Crippen molar-refractivity contribution in [2.24, 2.45) is 0 Å². The van der Waals surface area contributed by atoms with Crippen LogP contribution in [0.15, 0.2) is 12.2 Å². The first-order chi connectivity index (χ1) is 8.66. The Morgan fingerprint density at radius 2 is 1.61 bits per heavy atom. The third-order valence-electron chi connectivity index (χ3n) is 1.85. The van der Waals surface area contributed by atoms with E-state index in [-0.39, 0.29) is 13.2 Å². The van der Waals surface area contributed by atoms with Crippen molar-refractivity contribution in [3.63, 3.8) is 0 Å². The fourth-order valence-corrected chi connectivity index (χ4v) is 0.957. The highest BCUT2D eigenvalue weighted by molar-refractivity contribution is 5.90. The van der Waals surface area contributed by atoms with Gasteiger partial charge in [0, 0.05) is 18.8 Å². The minimum absolute atomic E-state index is 0.0950. The van der Waals surface area contributed by atoms with Gasteiger partial charge in [-0.2, -0.15) is 0 Å². The van der Waals surface area contributed by atoms with Gasteiger partial charge in [-0.3, -0.25) is 0 Å². The number of ether oxygens (including phenoxy) is 3. The largest absolute Gasteiger partial charge is 0.478 e. The molecule has 0 atom stereocenters. The van der Waals surface area contributed by atoms with Crippen LogP contribution < -0.4 is 0 Å². The van der Waals surface area contributed by atoms with Crippen molar-refractivity contribution in [1.29, 1.82) is 0 Å². The maximum absolute atomic E-state index is 10.9. The summed E-state index contributed by atoms with van der Waals surface area (Å²) in [6.45, 7) is 4.16. The minimum atomic E-state index is -1.19. The molecule has 0 unspecified atom stereocenters. The van der Waals surface area contributed by atoms with E-state index in [0.29, 0.717) is 13.2 Å². The molecule has 0 aromatic rings. The minimum Gasteiger partial charge on any atom is -0.478 e. The summed E-state index contributed by atoms with van der Waals surface area (Å²) in [4.78, 5) is 21.0. The molecular formula is C12H20O6. The normalized spacial score (nSPS) is 10.7. The molecule has 18 heavy (non-hydrogen) atoms. The van der Waals surface area contributed by atoms with Crippen LogP contribution in [0.25, 0.3) is 0 Å². The summed E-state index contributed by atoms with van der Waals surface area (Å²) in [7, 11) is 0. The number of rotatable bonds is 11. The first-order valence-electron chi connectivity index (χ1n) is 5.90. The predicted octanol–water partition coefficient (Wildman–Crippen LogP) is 1.00. The average molecular weight is 260 g/mol. The quantitative estimate of drug-likeness (QED) is 0.339. The average Bonchev–Trinajstić information content (AvgIpc) is 2.34. The Labute approximate surface area is 107 Å². The Morgan fingerprint density at radius 1 is 1.00 bits per heavy atom. The Balaban J connectivity index is 3.25. The van der Waals surface area contributed by atoms with Gasteiger partial charge in [-0.05, 0) is 6.42 Å². The highest BCUT2D eigenvalue weighted by Gasteiger charge is 1.98. The molecule has 0 aliphatic rings. The van der Waals surface area contributed by atoms with Crippen LogP contribution in [-0.4, -0.2) is 50.1 Å². The van der Waals surface area contributed by atoms with Gasteiger partial charge in [0.1, 0.15) is 6.61 Å². The fraction of sp³-hybridized carbons (Fsp3) is 0.667. The smallest absolute Gasteiger partial charge is 0.331 e. The summed E-state index contributed by atoms with van der Waals surface area (Å²) in [6.07, 6.45) is 3.72. The molecule has 0 aliphatic heterocycles. The molecular weight excluding hydrogens is 240 g/mol. The van der Waals surface area contributed by atoms with E-state index in [9.17, 15) is 9.59 Å². The highest BCUT2D eigenvalue weighted by atomic mass is 16.6. The number of carboxylic acids is 1. The van der Waals surface area contributed by atoms with Crippen LogP contribution in [0.3, 0.4) is 0 Å². The predicted molar refractivity (Wildman–Crippen MR) is 64.3 cm³/mol. The fourth-order valence-electron chi connectivity index (χ4n) is 0.957. The van der Waals surface area contributed by atoms with Gasteiger partial charge in [-0.25, -0.2) is 9.59 Å². The molecule has 0 aromatic heterocycles. The lowest BCUT2D eigenvalue weighted by Gasteiger charge is -2.05. The molecule has 0 rings (SSSR count). The topological polar surface area (TPSA) is 82.1 Å². The monoisotopic (exact) mass is 260 g/mol. The number of carbonyl (C=O) groups is 2. The lowest BCUT2D eigenvalue weighted by Crippen LogP contribution is -2.12.